The Labute approximate surface area is 111 Å². The molecule has 0 N–H and O–H groups in total. The van der Waals surface area contributed by atoms with E-state index in [9.17, 15) is 9.18 Å². The number of carbonyl (C=O) groups is 1. The van der Waals surface area contributed by atoms with Gasteiger partial charge < -0.3 is 9.64 Å². The minimum absolute atomic E-state index is 0.254. The maximum absolute atomic E-state index is 13.1. The Morgan fingerprint density at radius 1 is 1.53 bits per heavy atom. The number of halogens is 1. The Bertz CT molecular complexity index is 545. The van der Waals surface area contributed by atoms with Gasteiger partial charge in [-0.3, -0.25) is 0 Å². The summed E-state index contributed by atoms with van der Waals surface area (Å²) in [7, 11) is 4.77. The van der Waals surface area contributed by atoms with Crippen LogP contribution in [0.5, 0.6) is 0 Å². The van der Waals surface area contributed by atoms with Crippen molar-refractivity contribution in [3.05, 3.63) is 41.1 Å². The Hall–Kier alpha value is -2.35. The van der Waals surface area contributed by atoms with E-state index >= 15 is 0 Å². The second-order valence-corrected chi connectivity index (χ2v) is 4.12. The van der Waals surface area contributed by atoms with Crippen LogP contribution in [0.4, 0.5) is 4.39 Å². The molecule has 0 aliphatic carbocycles. The lowest BCUT2D eigenvalue weighted by molar-refractivity contribution is -0.133. The first-order chi connectivity index (χ1) is 9.03. The summed E-state index contributed by atoms with van der Waals surface area (Å²) in [6.45, 7) is -0.757. The number of methoxy groups -OCH3 is 1. The van der Waals surface area contributed by atoms with E-state index in [2.05, 4.69) is 0 Å². The zero-order valence-corrected chi connectivity index (χ0v) is 11.1. The van der Waals surface area contributed by atoms with Crippen molar-refractivity contribution in [2.75, 3.05) is 21.2 Å². The van der Waals surface area contributed by atoms with Gasteiger partial charge in [-0.15, -0.1) is 0 Å². The van der Waals surface area contributed by atoms with E-state index in [1.54, 1.807) is 37.3 Å². The molecule has 1 aromatic carbocycles. The lowest BCUT2D eigenvalue weighted by atomic mass is 9.98. The number of carbonyl (C=O) groups excluding carboxylic acids is 1. The number of ether oxygens (including phenoxy) is 1. The van der Waals surface area contributed by atoms with E-state index in [0.717, 1.165) is 0 Å². The topological polar surface area (TPSA) is 53.3 Å². The molecule has 0 bridgehead atoms. The second-order valence-electron chi connectivity index (χ2n) is 4.12. The first kappa shape index (κ1) is 14.7. The van der Waals surface area contributed by atoms with Crippen molar-refractivity contribution in [2.24, 2.45) is 0 Å². The number of alkyl halides is 1. The van der Waals surface area contributed by atoms with Crippen LogP contribution in [0.2, 0.25) is 0 Å². The zero-order chi connectivity index (χ0) is 14.4. The molecule has 0 aromatic heterocycles. The van der Waals surface area contributed by atoms with Crippen molar-refractivity contribution >= 4 is 11.5 Å². The van der Waals surface area contributed by atoms with Gasteiger partial charge in [0, 0.05) is 20.3 Å². The van der Waals surface area contributed by atoms with E-state index in [0.29, 0.717) is 11.1 Å². The highest BCUT2D eigenvalue weighted by Crippen LogP contribution is 2.23. The fraction of sp³-hybridized carbons (Fsp3) is 0.286. The average molecular weight is 262 g/mol. The summed E-state index contributed by atoms with van der Waals surface area (Å²) in [6, 6.07) is 6.47. The van der Waals surface area contributed by atoms with Crippen molar-refractivity contribution in [3.8, 4) is 6.07 Å². The summed E-state index contributed by atoms with van der Waals surface area (Å²) in [5, 5.41) is 8.80. The van der Waals surface area contributed by atoms with Crippen LogP contribution in [0, 0.1) is 11.3 Å². The lowest BCUT2D eigenvalue weighted by Crippen LogP contribution is -2.11. The van der Waals surface area contributed by atoms with Crippen molar-refractivity contribution in [3.63, 3.8) is 0 Å². The third-order valence-corrected chi connectivity index (χ3v) is 2.46. The molecule has 0 saturated carbocycles. The molecule has 0 saturated heterocycles. The summed E-state index contributed by atoms with van der Waals surface area (Å²) < 4.78 is 17.8. The van der Waals surface area contributed by atoms with Gasteiger partial charge in [0.15, 0.2) is 0 Å². The largest absolute Gasteiger partial charge is 0.465 e. The number of esters is 1. The van der Waals surface area contributed by atoms with Crippen molar-refractivity contribution in [1.29, 1.82) is 5.26 Å². The van der Waals surface area contributed by atoms with Crippen LogP contribution in [0.1, 0.15) is 16.7 Å². The SMILES string of the molecule is COC(=O)C(=CN(C)C)c1ccc(C#N)cc1CF. The van der Waals surface area contributed by atoms with Crippen LogP contribution >= 0.6 is 0 Å². The molecular weight excluding hydrogens is 247 g/mol. The first-order valence-corrected chi connectivity index (χ1v) is 5.59. The molecule has 4 nitrogen and oxygen atoms in total. The summed E-state index contributed by atoms with van der Waals surface area (Å²) in [6.07, 6.45) is 1.56. The van der Waals surface area contributed by atoms with E-state index in [4.69, 9.17) is 10.00 Å². The van der Waals surface area contributed by atoms with Gasteiger partial charge in [-0.1, -0.05) is 6.07 Å². The molecule has 0 heterocycles. The van der Waals surface area contributed by atoms with Crippen LogP contribution in [0.25, 0.3) is 5.57 Å². The highest BCUT2D eigenvalue weighted by Gasteiger charge is 2.17. The fourth-order valence-corrected chi connectivity index (χ4v) is 1.64. The van der Waals surface area contributed by atoms with E-state index in [1.165, 1.54) is 13.2 Å². The quantitative estimate of drug-likeness (QED) is 0.616. The number of nitriles is 1. The van der Waals surface area contributed by atoms with Gasteiger partial charge in [-0.25, -0.2) is 9.18 Å². The molecule has 0 spiro atoms. The predicted molar refractivity (Wildman–Crippen MR) is 69.6 cm³/mol. The minimum Gasteiger partial charge on any atom is -0.465 e. The molecule has 0 fully saturated rings. The van der Waals surface area contributed by atoms with Crippen LogP contribution < -0.4 is 0 Å². The molecule has 100 valence electrons. The summed E-state index contributed by atoms with van der Waals surface area (Å²) in [5.41, 5.74) is 1.33. The summed E-state index contributed by atoms with van der Waals surface area (Å²) in [5.74, 6) is -0.548. The summed E-state index contributed by atoms with van der Waals surface area (Å²) in [4.78, 5) is 13.4. The Kier molecular flexibility index (Phi) is 5.07. The van der Waals surface area contributed by atoms with E-state index in [-0.39, 0.29) is 11.1 Å². The molecule has 0 unspecified atom stereocenters. The molecule has 0 atom stereocenters. The Morgan fingerprint density at radius 3 is 2.68 bits per heavy atom. The van der Waals surface area contributed by atoms with Crippen molar-refractivity contribution < 1.29 is 13.9 Å². The predicted octanol–water partition coefficient (Wildman–Crippen LogP) is 2.10. The van der Waals surface area contributed by atoms with Crippen LogP contribution in [-0.4, -0.2) is 32.1 Å². The minimum atomic E-state index is -0.757. The highest BCUT2D eigenvalue weighted by molar-refractivity contribution is 6.16. The fourth-order valence-electron chi connectivity index (χ4n) is 1.64. The monoisotopic (exact) mass is 262 g/mol. The number of nitrogens with zero attached hydrogens (tertiary/aromatic N) is 2. The van der Waals surface area contributed by atoms with E-state index < -0.39 is 12.6 Å². The summed E-state index contributed by atoms with van der Waals surface area (Å²) >= 11 is 0. The second kappa shape index (κ2) is 6.55. The van der Waals surface area contributed by atoms with Gasteiger partial charge in [-0.2, -0.15) is 5.26 Å². The normalized spacial score (nSPS) is 10.8. The average Bonchev–Trinajstić information content (AvgIpc) is 2.43. The third kappa shape index (κ3) is 3.55. The molecule has 5 heteroatoms. The standard InChI is InChI=1S/C14H15FN2O2/c1-17(2)9-13(14(18)19-3)12-5-4-10(8-16)6-11(12)7-15/h4-6,9H,7H2,1-3H3. The number of hydrogen-bond acceptors (Lipinski definition) is 4. The highest BCUT2D eigenvalue weighted by atomic mass is 19.1. The van der Waals surface area contributed by atoms with Crippen molar-refractivity contribution in [1.82, 2.24) is 4.90 Å². The third-order valence-electron chi connectivity index (χ3n) is 2.46. The Morgan fingerprint density at radius 2 is 2.21 bits per heavy atom. The van der Waals surface area contributed by atoms with Crippen molar-refractivity contribution in [2.45, 2.75) is 6.67 Å². The van der Waals surface area contributed by atoms with Gasteiger partial charge in [-0.05, 0) is 23.3 Å². The zero-order valence-electron chi connectivity index (χ0n) is 11.1. The molecule has 0 aliphatic heterocycles. The van der Waals surface area contributed by atoms with Gasteiger partial charge >= 0.3 is 5.97 Å². The lowest BCUT2D eigenvalue weighted by Gasteiger charge is -2.13. The Balaban J connectivity index is 3.39. The molecule has 0 amide bonds. The van der Waals surface area contributed by atoms with Crippen LogP contribution in [0.15, 0.2) is 24.4 Å². The molecule has 1 rings (SSSR count). The maximum Gasteiger partial charge on any atom is 0.339 e. The van der Waals surface area contributed by atoms with E-state index in [1.807, 2.05) is 6.07 Å². The van der Waals surface area contributed by atoms with Crippen LogP contribution in [0.3, 0.4) is 0 Å². The maximum atomic E-state index is 13.1. The van der Waals surface area contributed by atoms with Gasteiger partial charge in [0.1, 0.15) is 6.67 Å². The molecule has 0 radical (unpaired) electrons. The van der Waals surface area contributed by atoms with Gasteiger partial charge in [0.25, 0.3) is 0 Å². The van der Waals surface area contributed by atoms with Gasteiger partial charge in [0.2, 0.25) is 0 Å². The molecular formula is C14H15FN2O2. The van der Waals surface area contributed by atoms with Crippen LogP contribution in [-0.2, 0) is 16.2 Å². The number of hydrogen-bond donors (Lipinski definition) is 0. The molecule has 0 aliphatic rings. The first-order valence-electron chi connectivity index (χ1n) is 5.59. The number of benzene rings is 1. The van der Waals surface area contributed by atoms with Gasteiger partial charge in [0.05, 0.1) is 24.3 Å². The smallest absolute Gasteiger partial charge is 0.339 e. The molecule has 19 heavy (non-hydrogen) atoms. The number of rotatable bonds is 4. The molecule has 1 aromatic rings.